The zero-order valence-corrected chi connectivity index (χ0v) is 17.8. The molecule has 0 unspecified atom stereocenters. The van der Waals surface area contributed by atoms with Crippen LogP contribution in [0, 0.1) is 5.92 Å². The maximum atomic E-state index is 13.0. The quantitative estimate of drug-likeness (QED) is 0.353. The third-order valence-electron chi connectivity index (χ3n) is 5.74. The molecule has 2 fully saturated rings. The van der Waals surface area contributed by atoms with Crippen molar-refractivity contribution in [1.29, 1.82) is 0 Å². The number of ether oxygens (including phenoxy) is 1. The topological polar surface area (TPSA) is 96.0 Å². The maximum absolute atomic E-state index is 13.0. The van der Waals surface area contributed by atoms with Crippen molar-refractivity contribution in [2.75, 3.05) is 20.1 Å². The van der Waals surface area contributed by atoms with E-state index in [0.717, 1.165) is 25.7 Å². The van der Waals surface area contributed by atoms with E-state index in [2.05, 4.69) is 5.32 Å². The first kappa shape index (κ1) is 22.9. The fourth-order valence-electron chi connectivity index (χ4n) is 3.71. The van der Waals surface area contributed by atoms with Gasteiger partial charge in [-0.25, -0.2) is 4.79 Å². The zero-order valence-electron chi connectivity index (χ0n) is 17.8. The second-order valence-electron chi connectivity index (χ2n) is 8.23. The van der Waals surface area contributed by atoms with E-state index in [0.29, 0.717) is 24.9 Å². The summed E-state index contributed by atoms with van der Waals surface area (Å²) in [5, 5.41) is 2.37. The largest absolute Gasteiger partial charge is 0.461 e. The summed E-state index contributed by atoms with van der Waals surface area (Å²) in [6.45, 7) is 6.07. The molecule has 2 rings (SSSR count). The Morgan fingerprint density at radius 3 is 2.45 bits per heavy atom. The molecule has 1 aliphatic heterocycles. The Bertz CT molecular complexity index is 657. The first-order chi connectivity index (χ1) is 13.8. The van der Waals surface area contributed by atoms with Crippen molar-refractivity contribution in [2.24, 2.45) is 5.92 Å². The van der Waals surface area contributed by atoms with E-state index in [4.69, 9.17) is 4.74 Å². The van der Waals surface area contributed by atoms with Gasteiger partial charge in [0, 0.05) is 19.2 Å². The van der Waals surface area contributed by atoms with Gasteiger partial charge in [-0.15, -0.1) is 0 Å². The predicted molar refractivity (Wildman–Crippen MR) is 108 cm³/mol. The molecule has 1 saturated heterocycles. The summed E-state index contributed by atoms with van der Waals surface area (Å²) in [6.07, 6.45) is 6.54. The molecular weight excluding hydrogens is 374 g/mol. The van der Waals surface area contributed by atoms with Gasteiger partial charge in [0.05, 0.1) is 12.6 Å². The monoisotopic (exact) mass is 407 g/mol. The molecule has 8 nitrogen and oxygen atoms in total. The van der Waals surface area contributed by atoms with Gasteiger partial charge in [-0.1, -0.05) is 19.9 Å². The second kappa shape index (κ2) is 10.4. The summed E-state index contributed by atoms with van der Waals surface area (Å²) < 4.78 is 5.52. The van der Waals surface area contributed by atoms with E-state index in [1.807, 2.05) is 13.8 Å². The van der Waals surface area contributed by atoms with Gasteiger partial charge in [-0.05, 0) is 44.9 Å². The number of amides is 3. The minimum Gasteiger partial charge on any atom is -0.461 e. The molecular formula is C21H33N3O5. The Morgan fingerprint density at radius 2 is 1.90 bits per heavy atom. The average molecular weight is 408 g/mol. The number of rotatable bonds is 9. The molecule has 3 amide bonds. The van der Waals surface area contributed by atoms with Crippen molar-refractivity contribution in [3.05, 3.63) is 11.6 Å². The van der Waals surface area contributed by atoms with E-state index in [9.17, 15) is 19.2 Å². The molecule has 8 heteroatoms. The van der Waals surface area contributed by atoms with Gasteiger partial charge in [-0.3, -0.25) is 14.4 Å². The minimum absolute atomic E-state index is 0.00153. The maximum Gasteiger partial charge on any atom is 0.329 e. The van der Waals surface area contributed by atoms with Crippen LogP contribution in [0.25, 0.3) is 0 Å². The highest BCUT2D eigenvalue weighted by atomic mass is 16.5. The fraction of sp³-hybridized carbons (Fsp3) is 0.714. The van der Waals surface area contributed by atoms with Gasteiger partial charge in [0.2, 0.25) is 18.2 Å². The summed E-state index contributed by atoms with van der Waals surface area (Å²) in [5.41, 5.74) is 0.495. The van der Waals surface area contributed by atoms with Crippen molar-refractivity contribution in [3.8, 4) is 0 Å². The van der Waals surface area contributed by atoms with Gasteiger partial charge in [0.25, 0.3) is 0 Å². The molecule has 0 aromatic heterocycles. The van der Waals surface area contributed by atoms with Gasteiger partial charge in [-0.2, -0.15) is 0 Å². The smallest absolute Gasteiger partial charge is 0.329 e. The van der Waals surface area contributed by atoms with E-state index in [-0.39, 0.29) is 42.4 Å². The molecule has 0 radical (unpaired) electrons. The molecule has 0 spiro atoms. The van der Waals surface area contributed by atoms with Crippen LogP contribution >= 0.6 is 0 Å². The van der Waals surface area contributed by atoms with Crippen molar-refractivity contribution in [2.45, 2.75) is 71.1 Å². The predicted octanol–water partition coefficient (Wildman–Crippen LogP) is 1.25. The summed E-state index contributed by atoms with van der Waals surface area (Å²) in [5.74, 6) is -0.673. The highest BCUT2D eigenvalue weighted by Gasteiger charge is 2.37. The number of likely N-dealkylation sites (tertiary alicyclic amines) is 1. The van der Waals surface area contributed by atoms with Gasteiger partial charge >= 0.3 is 5.97 Å². The molecule has 162 valence electrons. The fourth-order valence-corrected chi connectivity index (χ4v) is 3.71. The van der Waals surface area contributed by atoms with Crippen molar-refractivity contribution < 1.29 is 23.9 Å². The Balaban J connectivity index is 2.07. The Morgan fingerprint density at radius 1 is 1.21 bits per heavy atom. The van der Waals surface area contributed by atoms with Crippen molar-refractivity contribution in [3.63, 3.8) is 0 Å². The molecule has 1 N–H and O–H groups in total. The number of nitrogens with zero attached hydrogens (tertiary/aromatic N) is 2. The summed E-state index contributed by atoms with van der Waals surface area (Å²) in [7, 11) is 1.66. The Labute approximate surface area is 172 Å². The first-order valence-electron chi connectivity index (χ1n) is 10.4. The molecule has 0 aromatic rings. The van der Waals surface area contributed by atoms with Crippen LogP contribution in [0.2, 0.25) is 0 Å². The van der Waals surface area contributed by atoms with Crippen LogP contribution in [-0.4, -0.2) is 72.3 Å². The number of nitrogens with one attached hydrogen (secondary N) is 1. The lowest BCUT2D eigenvalue weighted by molar-refractivity contribution is -0.160. The molecule has 2 atom stereocenters. The van der Waals surface area contributed by atoms with E-state index in [1.165, 1.54) is 4.90 Å². The molecule has 0 aromatic carbocycles. The van der Waals surface area contributed by atoms with Crippen molar-refractivity contribution in [1.82, 2.24) is 15.1 Å². The van der Waals surface area contributed by atoms with Crippen LogP contribution < -0.4 is 5.32 Å². The zero-order chi connectivity index (χ0) is 21.6. The molecule has 29 heavy (non-hydrogen) atoms. The molecule has 0 bridgehead atoms. The number of likely N-dealkylation sites (N-methyl/N-ethyl adjacent to an activating group) is 1. The Hall–Kier alpha value is -2.38. The van der Waals surface area contributed by atoms with Crippen LogP contribution in [0.3, 0.4) is 0 Å². The van der Waals surface area contributed by atoms with E-state index >= 15 is 0 Å². The lowest BCUT2D eigenvalue weighted by Gasteiger charge is -2.31. The number of carbonyl (C=O) groups excluding carboxylic acids is 4. The molecule has 2 aliphatic rings. The highest BCUT2D eigenvalue weighted by Crippen LogP contribution is 2.26. The van der Waals surface area contributed by atoms with Crippen LogP contribution in [-0.2, 0) is 23.9 Å². The molecule has 1 heterocycles. The van der Waals surface area contributed by atoms with Crippen molar-refractivity contribution >= 4 is 24.2 Å². The first-order valence-corrected chi connectivity index (χ1v) is 10.4. The lowest BCUT2D eigenvalue weighted by atomic mass is 9.96. The standard InChI is InChI=1S/C21H33N3O5/c1-14(2)18(23(4)19(26)12-22-13-25)11-15(3)20(27)24-10-6-9-17(24)21(28)29-16-7-5-8-16/h11,13-14,16-18H,5-10,12H2,1-4H3,(H,22,25)/t17-,18+/m0/s1. The van der Waals surface area contributed by atoms with Crippen LogP contribution in [0.4, 0.5) is 0 Å². The highest BCUT2D eigenvalue weighted by molar-refractivity contribution is 5.96. The number of carbonyl (C=O) groups is 4. The SMILES string of the molecule is CC(=C[C@H](C(C)C)N(C)C(=O)CNC=O)C(=O)N1CCC[C@H]1C(=O)OC1CCC1. The number of hydrogen-bond donors (Lipinski definition) is 1. The normalized spacial score (nSPS) is 20.8. The third-order valence-corrected chi connectivity index (χ3v) is 5.74. The van der Waals surface area contributed by atoms with Gasteiger partial charge in [0.1, 0.15) is 12.1 Å². The molecule has 1 aliphatic carbocycles. The lowest BCUT2D eigenvalue weighted by Crippen LogP contribution is -2.45. The second-order valence-corrected chi connectivity index (χ2v) is 8.23. The van der Waals surface area contributed by atoms with Crippen LogP contribution in [0.1, 0.15) is 52.9 Å². The van der Waals surface area contributed by atoms with E-state index in [1.54, 1.807) is 24.9 Å². The average Bonchev–Trinajstić information content (AvgIpc) is 3.15. The Kier molecular flexibility index (Phi) is 8.22. The number of hydrogen-bond acceptors (Lipinski definition) is 5. The summed E-state index contributed by atoms with van der Waals surface area (Å²) in [4.78, 5) is 51.4. The summed E-state index contributed by atoms with van der Waals surface area (Å²) >= 11 is 0. The van der Waals surface area contributed by atoms with Gasteiger partial charge in [0.15, 0.2) is 0 Å². The summed E-state index contributed by atoms with van der Waals surface area (Å²) in [6, 6.07) is -0.831. The molecule has 1 saturated carbocycles. The number of esters is 1. The minimum atomic E-state index is -0.528. The van der Waals surface area contributed by atoms with Gasteiger partial charge < -0.3 is 19.9 Å². The third kappa shape index (κ3) is 5.81. The van der Waals surface area contributed by atoms with Crippen LogP contribution in [0.5, 0.6) is 0 Å². The van der Waals surface area contributed by atoms with Crippen LogP contribution in [0.15, 0.2) is 11.6 Å². The van der Waals surface area contributed by atoms with E-state index < -0.39 is 6.04 Å².